The highest BCUT2D eigenvalue weighted by Gasteiger charge is 2.23. The molecule has 8 bridgehead atoms. The highest BCUT2D eigenvalue weighted by atomic mass is 16.4. The second-order valence-corrected chi connectivity index (χ2v) is 12.4. The van der Waals surface area contributed by atoms with Crippen LogP contribution < -0.4 is 0 Å². The summed E-state index contributed by atoms with van der Waals surface area (Å²) < 4.78 is 2.36. The van der Waals surface area contributed by atoms with Crippen molar-refractivity contribution >= 4 is 68.4 Å². The third-order valence-corrected chi connectivity index (χ3v) is 9.47. The first kappa shape index (κ1) is 33.4. The molecule has 5 rings (SSSR count). The number of aromatic amines is 1. The molecule has 0 fully saturated rings. The number of fused-ring (bicyclic) bond motifs is 8. The van der Waals surface area contributed by atoms with Gasteiger partial charge in [-0.15, -0.1) is 0 Å². The quantitative estimate of drug-likeness (QED) is 0.171. The van der Waals surface area contributed by atoms with E-state index >= 15 is 0 Å². The Morgan fingerprint density at radius 2 is 1.32 bits per heavy atom. The number of carboxylic acid groups (broad SMARTS) is 2. The highest BCUT2D eigenvalue weighted by Crippen LogP contribution is 2.38. The highest BCUT2D eigenvalue weighted by molar-refractivity contribution is 5.97. The molecule has 3 aromatic heterocycles. The number of nitrogens with zero attached hydrogens (tertiary/aromatic N) is 3. The Morgan fingerprint density at radius 1 is 0.745 bits per heavy atom. The van der Waals surface area contributed by atoms with Crippen LogP contribution in [-0.2, 0) is 16.1 Å². The van der Waals surface area contributed by atoms with Crippen molar-refractivity contribution in [2.24, 2.45) is 0 Å². The summed E-state index contributed by atoms with van der Waals surface area (Å²) in [4.78, 5) is 37.1. The van der Waals surface area contributed by atoms with E-state index in [4.69, 9.17) is 9.97 Å². The number of aliphatic carboxylic acids is 2. The average Bonchev–Trinajstić information content (AvgIpc) is 3.67. The van der Waals surface area contributed by atoms with Crippen molar-refractivity contribution in [2.75, 3.05) is 0 Å². The molecule has 0 radical (unpaired) electrons. The summed E-state index contributed by atoms with van der Waals surface area (Å²) in [7, 11) is 0. The van der Waals surface area contributed by atoms with Crippen LogP contribution in [0.15, 0.2) is 37.4 Å². The molecular weight excluding hydrogens is 588 g/mol. The largest absolute Gasteiger partial charge is 0.481 e. The maximum atomic E-state index is 11.7. The molecule has 0 atom stereocenters. The molecule has 2 aliphatic rings. The van der Waals surface area contributed by atoms with Crippen LogP contribution in [0.3, 0.4) is 0 Å². The second-order valence-electron chi connectivity index (χ2n) is 12.4. The summed E-state index contributed by atoms with van der Waals surface area (Å²) >= 11 is 0. The molecule has 0 saturated heterocycles. The molecular formula is C39H44N4O4. The lowest BCUT2D eigenvalue weighted by Crippen LogP contribution is -1.98. The van der Waals surface area contributed by atoms with E-state index in [-0.39, 0.29) is 12.8 Å². The van der Waals surface area contributed by atoms with Crippen LogP contribution >= 0.6 is 0 Å². The van der Waals surface area contributed by atoms with E-state index in [1.54, 1.807) is 0 Å². The molecule has 0 saturated carbocycles. The van der Waals surface area contributed by atoms with Crippen molar-refractivity contribution < 1.29 is 19.8 Å². The number of aromatic nitrogens is 4. The van der Waals surface area contributed by atoms with Crippen LogP contribution in [0.2, 0.25) is 0 Å². The summed E-state index contributed by atoms with van der Waals surface area (Å²) in [6.45, 7) is 19.5. The monoisotopic (exact) mass is 632 g/mol. The summed E-state index contributed by atoms with van der Waals surface area (Å²) in [5.74, 6) is -1.76. The number of H-pyrrole nitrogens is 1. The molecule has 3 aromatic rings. The van der Waals surface area contributed by atoms with E-state index in [1.165, 1.54) is 0 Å². The normalized spacial score (nSPS) is 13.0. The van der Waals surface area contributed by atoms with Gasteiger partial charge in [0.15, 0.2) is 0 Å². The predicted octanol–water partition coefficient (Wildman–Crippen LogP) is 9.47. The lowest BCUT2D eigenvalue weighted by Gasteiger charge is -2.07. The molecule has 8 nitrogen and oxygen atoms in total. The molecule has 0 aromatic carbocycles. The molecule has 0 aliphatic carbocycles. The Morgan fingerprint density at radius 3 is 1.85 bits per heavy atom. The number of unbranched alkanes of at least 4 members (excludes halogenated alkanes) is 2. The van der Waals surface area contributed by atoms with Gasteiger partial charge < -0.3 is 19.8 Å². The molecule has 0 amide bonds. The third kappa shape index (κ3) is 6.50. The van der Waals surface area contributed by atoms with Gasteiger partial charge in [-0.25, -0.2) is 9.97 Å². The summed E-state index contributed by atoms with van der Waals surface area (Å²) in [6.07, 6.45) is 7.55. The number of rotatable bonds is 12. The van der Waals surface area contributed by atoms with Gasteiger partial charge in [-0.3, -0.25) is 9.59 Å². The lowest BCUT2D eigenvalue weighted by atomic mass is 9.98. The van der Waals surface area contributed by atoms with Gasteiger partial charge in [0.25, 0.3) is 0 Å². The third-order valence-electron chi connectivity index (χ3n) is 9.47. The van der Waals surface area contributed by atoms with E-state index < -0.39 is 11.9 Å². The van der Waals surface area contributed by atoms with Crippen LogP contribution in [0.1, 0.15) is 111 Å². The van der Waals surface area contributed by atoms with Gasteiger partial charge >= 0.3 is 11.9 Å². The van der Waals surface area contributed by atoms with Crippen LogP contribution in [0.4, 0.5) is 0 Å². The number of carboxylic acids is 2. The SMILES string of the molecule is C=Cc1c(C)c2cc3c(C=C)c(C)c(cc4nc(cc5nc(cc1[nH]2)C(C)=C5CCC(=O)O)C(CCC(=O)O)=C4C)n3CCCCC. The van der Waals surface area contributed by atoms with Crippen molar-refractivity contribution in [3.05, 3.63) is 82.5 Å². The van der Waals surface area contributed by atoms with Crippen molar-refractivity contribution in [2.45, 2.75) is 86.1 Å². The standard InChI is InChI=1S/C39H44N4O4/c1-8-11-12-17-43-36-20-31-24(6)29(14-16-39(46)47)35(42-31)19-34-28(13-15-38(44)45)23(5)30(40-34)18-33-26(9-2)22(4)32(41-33)21-37(43)27(10-3)25(36)7/h9-10,18-21,41H,2-3,8,11-17H2,1,4-7H3,(H,44,45)(H,46,47). The maximum Gasteiger partial charge on any atom is 0.303 e. The van der Waals surface area contributed by atoms with E-state index in [2.05, 4.69) is 55.6 Å². The number of carbonyl (C=O) groups is 2. The summed E-state index contributed by atoms with van der Waals surface area (Å²) in [6, 6.07) is 8.21. The van der Waals surface area contributed by atoms with Crippen LogP contribution in [0, 0.1) is 13.8 Å². The molecule has 47 heavy (non-hydrogen) atoms. The molecule has 5 heterocycles. The Balaban J connectivity index is 1.97. The van der Waals surface area contributed by atoms with E-state index in [9.17, 15) is 19.8 Å². The van der Waals surface area contributed by atoms with Gasteiger partial charge in [-0.1, -0.05) is 45.1 Å². The van der Waals surface area contributed by atoms with Gasteiger partial charge in [-0.2, -0.15) is 0 Å². The molecule has 8 heteroatoms. The minimum atomic E-state index is -0.883. The maximum absolute atomic E-state index is 11.7. The average molecular weight is 633 g/mol. The zero-order chi connectivity index (χ0) is 34.0. The van der Waals surface area contributed by atoms with Gasteiger partial charge in [0, 0.05) is 47.1 Å². The van der Waals surface area contributed by atoms with Gasteiger partial charge in [-0.05, 0) is 105 Å². The van der Waals surface area contributed by atoms with Crippen molar-refractivity contribution in [1.82, 2.24) is 19.5 Å². The Bertz CT molecular complexity index is 2040. The fourth-order valence-electron chi connectivity index (χ4n) is 6.75. The molecule has 3 N–H and O–H groups in total. The van der Waals surface area contributed by atoms with Crippen molar-refractivity contribution in [3.63, 3.8) is 0 Å². The number of allylic oxidation sites excluding steroid dienone is 4. The smallest absolute Gasteiger partial charge is 0.303 e. The Hall–Kier alpha value is -4.98. The number of aryl methyl sites for hydroxylation is 3. The van der Waals surface area contributed by atoms with Gasteiger partial charge in [0.1, 0.15) is 0 Å². The summed E-state index contributed by atoms with van der Waals surface area (Å²) in [5, 5.41) is 19.1. The van der Waals surface area contributed by atoms with E-state index in [1.807, 2.05) is 38.1 Å². The first-order valence-electron chi connectivity index (χ1n) is 16.3. The van der Waals surface area contributed by atoms with Crippen LogP contribution in [0.5, 0.6) is 0 Å². The zero-order valence-corrected chi connectivity index (χ0v) is 28.1. The minimum absolute atomic E-state index is 0.0318. The van der Waals surface area contributed by atoms with Gasteiger partial charge in [0.2, 0.25) is 0 Å². The van der Waals surface area contributed by atoms with Crippen LogP contribution in [-0.4, -0.2) is 41.7 Å². The number of hydrogen-bond donors (Lipinski definition) is 3. The van der Waals surface area contributed by atoms with E-state index in [0.717, 1.165) is 104 Å². The Kier molecular flexibility index (Phi) is 9.80. The van der Waals surface area contributed by atoms with Crippen LogP contribution in [0.25, 0.3) is 56.5 Å². The fourth-order valence-corrected chi connectivity index (χ4v) is 6.75. The van der Waals surface area contributed by atoms with Crippen molar-refractivity contribution in [3.8, 4) is 0 Å². The zero-order valence-electron chi connectivity index (χ0n) is 28.1. The minimum Gasteiger partial charge on any atom is -0.481 e. The van der Waals surface area contributed by atoms with Crippen molar-refractivity contribution in [1.29, 1.82) is 0 Å². The van der Waals surface area contributed by atoms with Gasteiger partial charge in [0.05, 0.1) is 28.3 Å². The topological polar surface area (TPSA) is 121 Å². The lowest BCUT2D eigenvalue weighted by molar-refractivity contribution is -0.137. The first-order chi connectivity index (χ1) is 22.5. The predicted molar refractivity (Wildman–Crippen MR) is 193 cm³/mol. The fraction of sp³-hybridized carbons (Fsp3) is 0.333. The van der Waals surface area contributed by atoms with E-state index in [0.29, 0.717) is 24.2 Å². The number of nitrogens with one attached hydrogen (secondary N) is 1. The Labute approximate surface area is 275 Å². The molecule has 0 spiro atoms. The molecule has 0 unspecified atom stereocenters. The summed E-state index contributed by atoms with van der Waals surface area (Å²) in [5.41, 5.74) is 14.5. The first-order valence-corrected chi connectivity index (χ1v) is 16.3. The number of hydrogen-bond acceptors (Lipinski definition) is 4. The molecule has 2 aliphatic heterocycles. The molecule has 244 valence electrons. The second kappa shape index (κ2) is 13.8.